The van der Waals surface area contributed by atoms with E-state index in [-0.39, 0.29) is 11.1 Å². The lowest BCUT2D eigenvalue weighted by molar-refractivity contribution is 0.0934. The van der Waals surface area contributed by atoms with E-state index in [2.05, 4.69) is 16.2 Å². The summed E-state index contributed by atoms with van der Waals surface area (Å²) in [5.41, 5.74) is 6.35. The van der Waals surface area contributed by atoms with E-state index in [9.17, 15) is 14.4 Å². The molecule has 2 aromatic rings. The van der Waals surface area contributed by atoms with Crippen LogP contribution in [0.15, 0.2) is 47.4 Å². The molecule has 3 amide bonds. The van der Waals surface area contributed by atoms with Crippen molar-refractivity contribution in [3.63, 3.8) is 0 Å². The molecule has 0 atom stereocenters. The zero-order valence-electron chi connectivity index (χ0n) is 15.4. The van der Waals surface area contributed by atoms with Crippen LogP contribution in [-0.2, 0) is 6.54 Å². The first-order valence-electron chi connectivity index (χ1n) is 8.28. The third-order valence-corrected chi connectivity index (χ3v) is 3.50. The van der Waals surface area contributed by atoms with E-state index in [0.29, 0.717) is 6.54 Å². The first kappa shape index (κ1) is 19.2. The van der Waals surface area contributed by atoms with Crippen LogP contribution in [0.4, 0.5) is 4.79 Å². The maximum atomic E-state index is 12.2. The number of hydrogen-bond acceptors (Lipinski definition) is 3. The van der Waals surface area contributed by atoms with Crippen LogP contribution in [-0.4, -0.2) is 22.0 Å². The smallest absolute Gasteiger partial charge is 0.332 e. The van der Waals surface area contributed by atoms with Gasteiger partial charge >= 0.3 is 6.03 Å². The minimum Gasteiger partial charge on any atom is -0.332 e. The minimum absolute atomic E-state index is 0.208. The molecule has 26 heavy (non-hydrogen) atoms. The molecule has 0 saturated carbocycles. The van der Waals surface area contributed by atoms with Crippen LogP contribution in [0.2, 0.25) is 0 Å². The molecule has 138 valence electrons. The zero-order valence-corrected chi connectivity index (χ0v) is 15.4. The standard InChI is InChI=1S/C19H24N4O3/c1-13-5-7-14(8-6-13)11-23-12-15(9-10-16(23)24)17(25)21-22-18(26)20-19(2,3)4/h5-10,12H,11H2,1-4H3,(H,21,25)(H2,20,22,26). The molecule has 7 nitrogen and oxygen atoms in total. The summed E-state index contributed by atoms with van der Waals surface area (Å²) in [6.07, 6.45) is 1.47. The zero-order chi connectivity index (χ0) is 19.3. The van der Waals surface area contributed by atoms with E-state index in [1.54, 1.807) is 0 Å². The van der Waals surface area contributed by atoms with Crippen molar-refractivity contribution in [2.24, 2.45) is 0 Å². The van der Waals surface area contributed by atoms with E-state index in [0.717, 1.165) is 11.1 Å². The SMILES string of the molecule is Cc1ccc(Cn2cc(C(=O)NNC(=O)NC(C)(C)C)ccc2=O)cc1. The fourth-order valence-corrected chi connectivity index (χ4v) is 2.24. The molecule has 0 aliphatic rings. The fraction of sp³-hybridized carbons (Fsp3) is 0.316. The number of hydrogen-bond donors (Lipinski definition) is 3. The molecule has 1 aromatic heterocycles. The van der Waals surface area contributed by atoms with Gasteiger partial charge in [-0.25, -0.2) is 10.2 Å². The average molecular weight is 356 g/mol. The van der Waals surface area contributed by atoms with Gasteiger partial charge in [-0.3, -0.25) is 15.0 Å². The van der Waals surface area contributed by atoms with Gasteiger partial charge in [-0.2, -0.15) is 0 Å². The number of carbonyl (C=O) groups is 2. The topological polar surface area (TPSA) is 92.2 Å². The van der Waals surface area contributed by atoms with Crippen LogP contribution in [0.1, 0.15) is 42.3 Å². The van der Waals surface area contributed by atoms with E-state index in [1.807, 2.05) is 52.0 Å². The highest BCUT2D eigenvalue weighted by atomic mass is 16.2. The van der Waals surface area contributed by atoms with Gasteiger partial charge in [0.15, 0.2) is 0 Å². The Labute approximate surface area is 152 Å². The Hall–Kier alpha value is -3.09. The Morgan fingerprint density at radius 3 is 2.27 bits per heavy atom. The Kier molecular flexibility index (Phi) is 5.82. The predicted molar refractivity (Wildman–Crippen MR) is 99.9 cm³/mol. The van der Waals surface area contributed by atoms with Crippen molar-refractivity contribution in [1.82, 2.24) is 20.7 Å². The summed E-state index contributed by atoms with van der Waals surface area (Å²) in [6, 6.07) is 10.0. The van der Waals surface area contributed by atoms with E-state index >= 15 is 0 Å². The van der Waals surface area contributed by atoms with Crippen molar-refractivity contribution in [1.29, 1.82) is 0 Å². The number of urea groups is 1. The summed E-state index contributed by atoms with van der Waals surface area (Å²) in [4.78, 5) is 35.9. The van der Waals surface area contributed by atoms with Gasteiger partial charge in [0.2, 0.25) is 0 Å². The molecule has 0 spiro atoms. The van der Waals surface area contributed by atoms with E-state index in [4.69, 9.17) is 0 Å². The lowest BCUT2D eigenvalue weighted by atomic mass is 10.1. The number of hydrazine groups is 1. The number of aromatic nitrogens is 1. The number of benzene rings is 1. The molecule has 0 bridgehead atoms. The highest BCUT2D eigenvalue weighted by Gasteiger charge is 2.14. The molecule has 2 rings (SSSR count). The van der Waals surface area contributed by atoms with Gasteiger partial charge in [0.1, 0.15) is 0 Å². The number of rotatable bonds is 3. The summed E-state index contributed by atoms with van der Waals surface area (Å²) < 4.78 is 1.45. The number of nitrogens with zero attached hydrogens (tertiary/aromatic N) is 1. The Morgan fingerprint density at radius 1 is 1.00 bits per heavy atom. The molecule has 0 radical (unpaired) electrons. The third-order valence-electron chi connectivity index (χ3n) is 3.50. The Morgan fingerprint density at radius 2 is 1.65 bits per heavy atom. The number of nitrogens with one attached hydrogen (secondary N) is 3. The quantitative estimate of drug-likeness (QED) is 0.734. The molecule has 1 heterocycles. The normalized spacial score (nSPS) is 10.9. The molecule has 3 N–H and O–H groups in total. The maximum Gasteiger partial charge on any atom is 0.333 e. The van der Waals surface area contributed by atoms with Crippen LogP contribution in [0.25, 0.3) is 0 Å². The maximum absolute atomic E-state index is 12.2. The van der Waals surface area contributed by atoms with E-state index in [1.165, 1.54) is 22.9 Å². The molecule has 7 heteroatoms. The van der Waals surface area contributed by atoms with Crippen molar-refractivity contribution >= 4 is 11.9 Å². The lowest BCUT2D eigenvalue weighted by Crippen LogP contribution is -2.52. The molecule has 0 aliphatic heterocycles. The number of carbonyl (C=O) groups excluding carboxylic acids is 2. The van der Waals surface area contributed by atoms with Gasteiger partial charge in [-0.1, -0.05) is 29.8 Å². The summed E-state index contributed by atoms with van der Waals surface area (Å²) in [5, 5.41) is 2.66. The largest absolute Gasteiger partial charge is 0.333 e. The highest BCUT2D eigenvalue weighted by Crippen LogP contribution is 2.05. The number of pyridine rings is 1. The minimum atomic E-state index is -0.515. The third kappa shape index (κ3) is 5.77. The molecule has 1 aromatic carbocycles. The second-order valence-corrected chi connectivity index (χ2v) is 7.15. The van der Waals surface area contributed by atoms with Crippen molar-refractivity contribution in [3.8, 4) is 0 Å². The average Bonchev–Trinajstić information content (AvgIpc) is 2.55. The fourth-order valence-electron chi connectivity index (χ4n) is 2.24. The monoisotopic (exact) mass is 356 g/mol. The molecular formula is C19H24N4O3. The van der Waals surface area contributed by atoms with Gasteiger partial charge in [-0.15, -0.1) is 0 Å². The van der Waals surface area contributed by atoms with Crippen LogP contribution in [0.3, 0.4) is 0 Å². The first-order valence-corrected chi connectivity index (χ1v) is 8.28. The van der Waals surface area contributed by atoms with Crippen molar-refractivity contribution in [2.75, 3.05) is 0 Å². The van der Waals surface area contributed by atoms with Gasteiger partial charge in [0.25, 0.3) is 11.5 Å². The molecular weight excluding hydrogens is 332 g/mol. The van der Waals surface area contributed by atoms with Crippen LogP contribution in [0, 0.1) is 6.92 Å². The van der Waals surface area contributed by atoms with Crippen molar-refractivity contribution in [2.45, 2.75) is 39.8 Å². The van der Waals surface area contributed by atoms with Crippen LogP contribution in [0.5, 0.6) is 0 Å². The Balaban J connectivity index is 2.06. The van der Waals surface area contributed by atoms with Crippen molar-refractivity contribution < 1.29 is 9.59 Å². The summed E-state index contributed by atoms with van der Waals surface area (Å²) in [5.74, 6) is -0.508. The van der Waals surface area contributed by atoms with Gasteiger partial charge in [-0.05, 0) is 39.3 Å². The van der Waals surface area contributed by atoms with Gasteiger partial charge in [0.05, 0.1) is 12.1 Å². The second kappa shape index (κ2) is 7.86. The lowest BCUT2D eigenvalue weighted by Gasteiger charge is -2.20. The summed E-state index contributed by atoms with van der Waals surface area (Å²) >= 11 is 0. The van der Waals surface area contributed by atoms with E-state index < -0.39 is 17.5 Å². The summed E-state index contributed by atoms with van der Waals surface area (Å²) in [7, 11) is 0. The molecule has 0 fully saturated rings. The first-order chi connectivity index (χ1) is 12.1. The van der Waals surface area contributed by atoms with Crippen LogP contribution < -0.4 is 21.7 Å². The Bertz CT molecular complexity index is 848. The van der Waals surface area contributed by atoms with Gasteiger partial charge in [0, 0.05) is 17.8 Å². The van der Waals surface area contributed by atoms with Gasteiger partial charge < -0.3 is 9.88 Å². The van der Waals surface area contributed by atoms with Crippen molar-refractivity contribution in [3.05, 3.63) is 69.6 Å². The molecule has 0 aliphatic carbocycles. The molecule has 0 unspecified atom stereocenters. The van der Waals surface area contributed by atoms with Crippen LogP contribution >= 0.6 is 0 Å². The molecule has 0 saturated heterocycles. The predicted octanol–water partition coefficient (Wildman–Crippen LogP) is 1.95. The summed E-state index contributed by atoms with van der Waals surface area (Å²) in [6.45, 7) is 7.84. The second-order valence-electron chi connectivity index (χ2n) is 7.15. The number of aryl methyl sites for hydroxylation is 1. The highest BCUT2D eigenvalue weighted by molar-refractivity contribution is 5.94. The number of amides is 3.